The molecule has 0 radical (unpaired) electrons. The molecule has 0 fully saturated rings. The van der Waals surface area contributed by atoms with Crippen LogP contribution in [0.1, 0.15) is 31.9 Å². The number of ether oxygens (including phenoxy) is 1. The molecular weight excluding hydrogens is 330 g/mol. The zero-order valence-corrected chi connectivity index (χ0v) is 16.8. The molecule has 26 heavy (non-hydrogen) atoms. The van der Waals surface area contributed by atoms with Gasteiger partial charge in [0.05, 0.1) is 0 Å². The summed E-state index contributed by atoms with van der Waals surface area (Å²) in [4.78, 5) is 17.9. The van der Waals surface area contributed by atoms with Crippen LogP contribution in [-0.4, -0.2) is 56.8 Å². The van der Waals surface area contributed by atoms with E-state index in [1.165, 1.54) is 11.1 Å². The summed E-state index contributed by atoms with van der Waals surface area (Å²) in [6.45, 7) is 8.11. The summed E-state index contributed by atoms with van der Waals surface area (Å²) in [5, 5.41) is 9.15. The Balaban J connectivity index is 2.34. The van der Waals surface area contributed by atoms with Crippen molar-refractivity contribution < 1.29 is 9.53 Å². The average molecular weight is 364 g/mol. The maximum atomic E-state index is 11.6. The van der Waals surface area contributed by atoms with Gasteiger partial charge in [-0.1, -0.05) is 24.3 Å². The Bertz CT molecular complexity index is 594. The number of carbonyl (C=O) groups excluding carboxylic acids is 1. The normalized spacial score (nSPS) is 12.0. The van der Waals surface area contributed by atoms with Gasteiger partial charge < -0.3 is 25.6 Å². The van der Waals surface area contributed by atoms with Gasteiger partial charge in [0.1, 0.15) is 5.60 Å². The van der Waals surface area contributed by atoms with Crippen molar-refractivity contribution >= 4 is 12.1 Å². The number of rotatable bonds is 7. The summed E-state index contributed by atoms with van der Waals surface area (Å²) in [5.74, 6) is 0.689. The minimum Gasteiger partial charge on any atom is -0.444 e. The first-order valence-corrected chi connectivity index (χ1v) is 8.83. The molecule has 0 aliphatic heterocycles. The number of alkyl carbamates (subject to hydrolysis) is 1. The lowest BCUT2D eigenvalue weighted by molar-refractivity contribution is 0.0529. The van der Waals surface area contributed by atoms with Gasteiger partial charge in [-0.2, -0.15) is 0 Å². The van der Waals surface area contributed by atoms with Crippen LogP contribution >= 0.6 is 0 Å². The van der Waals surface area contributed by atoms with Crippen molar-refractivity contribution in [3.05, 3.63) is 35.4 Å². The van der Waals surface area contributed by atoms with Crippen molar-refractivity contribution in [2.45, 2.75) is 39.5 Å². The molecule has 0 aromatic heterocycles. The van der Waals surface area contributed by atoms with Crippen LogP contribution < -0.4 is 16.0 Å². The van der Waals surface area contributed by atoms with Gasteiger partial charge in [0.25, 0.3) is 0 Å². The summed E-state index contributed by atoms with van der Waals surface area (Å²) in [5.41, 5.74) is 1.98. The van der Waals surface area contributed by atoms with Crippen LogP contribution in [-0.2, 0) is 17.8 Å². The van der Waals surface area contributed by atoms with Crippen molar-refractivity contribution in [2.24, 2.45) is 4.99 Å². The predicted molar refractivity (Wildman–Crippen MR) is 106 cm³/mol. The molecule has 7 nitrogen and oxygen atoms in total. The molecule has 0 bridgehead atoms. The van der Waals surface area contributed by atoms with Crippen molar-refractivity contribution in [2.75, 3.05) is 34.2 Å². The summed E-state index contributed by atoms with van der Waals surface area (Å²) in [6.07, 6.45) is -0.417. The largest absolute Gasteiger partial charge is 0.444 e. The number of aliphatic imine (C=N–C) groups is 1. The van der Waals surface area contributed by atoms with Gasteiger partial charge in [-0.3, -0.25) is 4.99 Å². The second-order valence-electron chi connectivity index (χ2n) is 7.34. The highest BCUT2D eigenvalue weighted by atomic mass is 16.6. The predicted octanol–water partition coefficient (Wildman–Crippen LogP) is 1.94. The van der Waals surface area contributed by atoms with Crippen LogP contribution in [0.4, 0.5) is 4.79 Å². The third-order valence-electron chi connectivity index (χ3n) is 3.26. The van der Waals surface area contributed by atoms with Crippen LogP contribution in [0.3, 0.4) is 0 Å². The number of amides is 1. The maximum absolute atomic E-state index is 11.6. The number of hydrogen-bond acceptors (Lipinski definition) is 4. The van der Waals surface area contributed by atoms with Crippen molar-refractivity contribution in [1.82, 2.24) is 20.9 Å². The van der Waals surface area contributed by atoms with Gasteiger partial charge >= 0.3 is 6.09 Å². The van der Waals surface area contributed by atoms with Gasteiger partial charge in [-0.05, 0) is 46.0 Å². The second kappa shape index (κ2) is 10.7. The molecule has 1 amide bonds. The Morgan fingerprint density at radius 1 is 1.12 bits per heavy atom. The Hall–Kier alpha value is -2.28. The molecule has 3 N–H and O–H groups in total. The van der Waals surface area contributed by atoms with E-state index in [4.69, 9.17) is 4.74 Å². The molecule has 1 aromatic carbocycles. The van der Waals surface area contributed by atoms with E-state index in [2.05, 4.69) is 64.2 Å². The minimum absolute atomic E-state index is 0.417. The number of guanidine groups is 1. The van der Waals surface area contributed by atoms with Crippen molar-refractivity contribution in [3.8, 4) is 0 Å². The van der Waals surface area contributed by atoms with Gasteiger partial charge in [-0.25, -0.2) is 4.79 Å². The van der Waals surface area contributed by atoms with E-state index in [9.17, 15) is 4.79 Å². The molecule has 0 aliphatic rings. The molecule has 1 rings (SSSR count). The Kier molecular flexibility index (Phi) is 8.92. The lowest BCUT2D eigenvalue weighted by atomic mass is 10.1. The van der Waals surface area contributed by atoms with Crippen LogP contribution in [0, 0.1) is 0 Å². The quantitative estimate of drug-likeness (QED) is 0.392. The first kappa shape index (κ1) is 21.8. The number of nitrogens with one attached hydrogen (secondary N) is 3. The molecule has 0 atom stereocenters. The third kappa shape index (κ3) is 9.88. The SMILES string of the molecule is CN=C(NCCNC(=O)OC(C)(C)C)NCc1cccc(CN(C)C)c1. The average Bonchev–Trinajstić information content (AvgIpc) is 2.52. The third-order valence-corrected chi connectivity index (χ3v) is 3.26. The summed E-state index contributed by atoms with van der Waals surface area (Å²) >= 11 is 0. The molecule has 0 spiro atoms. The molecule has 146 valence electrons. The smallest absolute Gasteiger partial charge is 0.407 e. The standard InChI is InChI=1S/C19H33N5O2/c1-19(2,3)26-18(25)22-11-10-21-17(20-4)23-13-15-8-7-9-16(12-15)14-24(5)6/h7-9,12H,10-11,13-14H2,1-6H3,(H,22,25)(H2,20,21,23). The van der Waals surface area contributed by atoms with E-state index >= 15 is 0 Å². The Labute approximate surface area is 157 Å². The van der Waals surface area contributed by atoms with E-state index < -0.39 is 11.7 Å². The van der Waals surface area contributed by atoms with E-state index in [0.29, 0.717) is 25.6 Å². The lowest BCUT2D eigenvalue weighted by Gasteiger charge is -2.20. The number of hydrogen-bond donors (Lipinski definition) is 3. The fourth-order valence-corrected chi connectivity index (χ4v) is 2.27. The molecule has 0 aliphatic carbocycles. The topological polar surface area (TPSA) is 78.0 Å². The van der Waals surface area contributed by atoms with Gasteiger partial charge in [0.2, 0.25) is 0 Å². The van der Waals surface area contributed by atoms with E-state index in [-0.39, 0.29) is 0 Å². The fraction of sp³-hybridized carbons (Fsp3) is 0.579. The zero-order valence-electron chi connectivity index (χ0n) is 16.8. The minimum atomic E-state index is -0.490. The lowest BCUT2D eigenvalue weighted by Crippen LogP contribution is -2.42. The highest BCUT2D eigenvalue weighted by Gasteiger charge is 2.15. The molecule has 7 heteroatoms. The maximum Gasteiger partial charge on any atom is 0.407 e. The van der Waals surface area contributed by atoms with E-state index in [1.807, 2.05) is 20.8 Å². The van der Waals surface area contributed by atoms with Crippen LogP contribution in [0.15, 0.2) is 29.3 Å². The Morgan fingerprint density at radius 3 is 2.38 bits per heavy atom. The first-order chi connectivity index (χ1) is 12.2. The van der Waals surface area contributed by atoms with Gasteiger partial charge in [0, 0.05) is 33.2 Å². The number of benzene rings is 1. The summed E-state index contributed by atoms with van der Waals surface area (Å²) in [6, 6.07) is 8.46. The highest BCUT2D eigenvalue weighted by molar-refractivity contribution is 5.79. The monoisotopic (exact) mass is 363 g/mol. The van der Waals surface area contributed by atoms with Gasteiger partial charge in [-0.15, -0.1) is 0 Å². The fourth-order valence-electron chi connectivity index (χ4n) is 2.27. The molecule has 1 aromatic rings. The zero-order chi connectivity index (χ0) is 19.6. The molecule has 0 heterocycles. The molecule has 0 saturated heterocycles. The van der Waals surface area contributed by atoms with Crippen LogP contribution in [0.25, 0.3) is 0 Å². The number of nitrogens with zero attached hydrogens (tertiary/aromatic N) is 2. The number of carbonyl (C=O) groups is 1. The summed E-state index contributed by atoms with van der Waals surface area (Å²) < 4.78 is 5.19. The molecule has 0 saturated carbocycles. The van der Waals surface area contributed by atoms with Crippen LogP contribution in [0.5, 0.6) is 0 Å². The van der Waals surface area contributed by atoms with E-state index in [0.717, 1.165) is 6.54 Å². The summed E-state index contributed by atoms with van der Waals surface area (Å²) in [7, 11) is 5.84. The molecule has 0 unspecified atom stereocenters. The van der Waals surface area contributed by atoms with Crippen LogP contribution in [0.2, 0.25) is 0 Å². The first-order valence-electron chi connectivity index (χ1n) is 8.83. The second-order valence-corrected chi connectivity index (χ2v) is 7.34. The molecular formula is C19H33N5O2. The Morgan fingerprint density at radius 2 is 1.77 bits per heavy atom. The van der Waals surface area contributed by atoms with Gasteiger partial charge in [0.15, 0.2) is 5.96 Å². The van der Waals surface area contributed by atoms with E-state index in [1.54, 1.807) is 7.05 Å². The van der Waals surface area contributed by atoms with Crippen molar-refractivity contribution in [1.29, 1.82) is 0 Å². The van der Waals surface area contributed by atoms with Crippen molar-refractivity contribution in [3.63, 3.8) is 0 Å². The highest BCUT2D eigenvalue weighted by Crippen LogP contribution is 2.07.